The Labute approximate surface area is 143 Å². The Morgan fingerprint density at radius 2 is 1.96 bits per heavy atom. The highest BCUT2D eigenvalue weighted by atomic mass is 19.1. The molecule has 0 aliphatic heterocycles. The Morgan fingerprint density at radius 3 is 2.68 bits per heavy atom. The first kappa shape index (κ1) is 17.1. The van der Waals surface area contributed by atoms with Crippen LogP contribution in [0.5, 0.6) is 5.75 Å². The Morgan fingerprint density at radius 1 is 1.16 bits per heavy atom. The summed E-state index contributed by atoms with van der Waals surface area (Å²) in [7, 11) is 1.53. The van der Waals surface area contributed by atoms with E-state index in [0.29, 0.717) is 23.4 Å². The second-order valence-electron chi connectivity index (χ2n) is 5.72. The fourth-order valence-electron chi connectivity index (χ4n) is 2.71. The van der Waals surface area contributed by atoms with Crippen LogP contribution in [0, 0.1) is 11.6 Å². The maximum atomic E-state index is 13.9. The zero-order chi connectivity index (χ0) is 18.0. The van der Waals surface area contributed by atoms with Crippen LogP contribution in [0.25, 0.3) is 11.0 Å². The Bertz CT molecular complexity index is 969. The van der Waals surface area contributed by atoms with Crippen molar-refractivity contribution in [2.24, 2.45) is 0 Å². The van der Waals surface area contributed by atoms with Crippen LogP contribution in [-0.2, 0) is 6.54 Å². The summed E-state index contributed by atoms with van der Waals surface area (Å²) in [6.45, 7) is 2.10. The molecule has 130 valence electrons. The lowest BCUT2D eigenvalue weighted by Gasteiger charge is -2.16. The fraction of sp³-hybridized carbons (Fsp3) is 0.211. The molecule has 1 N–H and O–H groups in total. The first-order valence-corrected chi connectivity index (χ1v) is 7.77. The largest absolute Gasteiger partial charge is 0.497 e. The van der Waals surface area contributed by atoms with Gasteiger partial charge in [0.05, 0.1) is 7.11 Å². The van der Waals surface area contributed by atoms with Gasteiger partial charge >= 0.3 is 5.63 Å². The van der Waals surface area contributed by atoms with Gasteiger partial charge < -0.3 is 14.5 Å². The van der Waals surface area contributed by atoms with Crippen LogP contribution in [0.1, 0.15) is 24.1 Å². The quantitative estimate of drug-likeness (QED) is 0.712. The normalized spacial score (nSPS) is 12.3. The molecule has 2 aromatic carbocycles. The van der Waals surface area contributed by atoms with Crippen molar-refractivity contribution in [3.8, 4) is 5.75 Å². The van der Waals surface area contributed by atoms with Gasteiger partial charge in [-0.25, -0.2) is 13.6 Å². The van der Waals surface area contributed by atoms with Crippen molar-refractivity contribution in [2.75, 3.05) is 7.11 Å². The summed E-state index contributed by atoms with van der Waals surface area (Å²) in [4.78, 5) is 11.8. The van der Waals surface area contributed by atoms with Crippen LogP contribution < -0.4 is 15.7 Å². The number of methoxy groups -OCH3 is 1. The van der Waals surface area contributed by atoms with Gasteiger partial charge in [-0.3, -0.25) is 0 Å². The van der Waals surface area contributed by atoms with Crippen LogP contribution in [0.3, 0.4) is 0 Å². The zero-order valence-corrected chi connectivity index (χ0v) is 13.8. The topological polar surface area (TPSA) is 51.5 Å². The molecule has 1 atom stereocenters. The van der Waals surface area contributed by atoms with E-state index in [1.54, 1.807) is 25.1 Å². The number of hydrogen-bond acceptors (Lipinski definition) is 4. The lowest BCUT2D eigenvalue weighted by Crippen LogP contribution is -2.20. The van der Waals surface area contributed by atoms with Gasteiger partial charge in [-0.2, -0.15) is 0 Å². The van der Waals surface area contributed by atoms with E-state index in [2.05, 4.69) is 5.32 Å². The van der Waals surface area contributed by atoms with E-state index in [1.807, 2.05) is 0 Å². The highest BCUT2D eigenvalue weighted by molar-refractivity contribution is 5.81. The summed E-state index contributed by atoms with van der Waals surface area (Å²) in [6, 6.07) is 9.73. The molecule has 0 aliphatic carbocycles. The van der Waals surface area contributed by atoms with E-state index in [0.717, 1.165) is 17.0 Å². The van der Waals surface area contributed by atoms with E-state index < -0.39 is 17.3 Å². The van der Waals surface area contributed by atoms with Gasteiger partial charge in [0.15, 0.2) is 0 Å². The molecule has 0 radical (unpaired) electrons. The highest BCUT2D eigenvalue weighted by Gasteiger charge is 2.13. The summed E-state index contributed by atoms with van der Waals surface area (Å²) < 4.78 is 37.2. The second kappa shape index (κ2) is 7.03. The average molecular weight is 345 g/mol. The molecular formula is C19H17F2NO3. The summed E-state index contributed by atoms with van der Waals surface area (Å²) in [5.41, 5.74) is 1.03. The van der Waals surface area contributed by atoms with Crippen molar-refractivity contribution < 1.29 is 17.9 Å². The smallest absolute Gasteiger partial charge is 0.336 e. The minimum atomic E-state index is -0.617. The van der Waals surface area contributed by atoms with Gasteiger partial charge in [0.25, 0.3) is 0 Å². The predicted molar refractivity (Wildman–Crippen MR) is 90.6 cm³/mol. The van der Waals surface area contributed by atoms with Gasteiger partial charge in [0.2, 0.25) is 0 Å². The number of hydrogen-bond donors (Lipinski definition) is 1. The standard InChI is InChI=1S/C19H17F2NO3/c1-11(15-5-3-13(20)8-17(15)21)22-10-12-7-19(23)25-18-9-14(24-2)4-6-16(12)18/h3-9,11,22H,10H2,1-2H3/t11-/m0/s1. The van der Waals surface area contributed by atoms with Crippen molar-refractivity contribution >= 4 is 11.0 Å². The molecular weight excluding hydrogens is 328 g/mol. The Kier molecular flexibility index (Phi) is 4.81. The maximum Gasteiger partial charge on any atom is 0.336 e. The SMILES string of the molecule is COc1ccc2c(CN[C@@H](C)c3ccc(F)cc3F)cc(=O)oc2c1. The summed E-state index contributed by atoms with van der Waals surface area (Å²) in [5, 5.41) is 3.91. The number of nitrogens with one attached hydrogen (secondary N) is 1. The van der Waals surface area contributed by atoms with Gasteiger partial charge in [-0.1, -0.05) is 6.07 Å². The molecule has 0 saturated heterocycles. The van der Waals surface area contributed by atoms with Crippen LogP contribution in [-0.4, -0.2) is 7.11 Å². The molecule has 1 aromatic heterocycles. The van der Waals surface area contributed by atoms with Crippen LogP contribution in [0.15, 0.2) is 51.7 Å². The van der Waals surface area contributed by atoms with Gasteiger partial charge in [0, 0.05) is 41.7 Å². The van der Waals surface area contributed by atoms with E-state index in [-0.39, 0.29) is 6.04 Å². The molecule has 6 heteroatoms. The number of rotatable bonds is 5. The molecule has 0 amide bonds. The second-order valence-corrected chi connectivity index (χ2v) is 5.72. The molecule has 4 nitrogen and oxygen atoms in total. The van der Waals surface area contributed by atoms with Gasteiger partial charge in [0.1, 0.15) is 23.0 Å². The number of benzene rings is 2. The van der Waals surface area contributed by atoms with E-state index in [1.165, 1.54) is 25.3 Å². The van der Waals surface area contributed by atoms with Gasteiger partial charge in [-0.15, -0.1) is 0 Å². The predicted octanol–water partition coefficient (Wildman–Crippen LogP) is 3.93. The van der Waals surface area contributed by atoms with Crippen molar-refractivity contribution in [3.63, 3.8) is 0 Å². The van der Waals surface area contributed by atoms with Crippen molar-refractivity contribution in [1.29, 1.82) is 0 Å². The molecule has 1 heterocycles. The first-order valence-electron chi connectivity index (χ1n) is 7.77. The van der Waals surface area contributed by atoms with Crippen LogP contribution in [0.4, 0.5) is 8.78 Å². The Balaban J connectivity index is 1.86. The molecule has 0 bridgehead atoms. The maximum absolute atomic E-state index is 13.9. The minimum absolute atomic E-state index is 0.326. The van der Waals surface area contributed by atoms with Crippen LogP contribution in [0.2, 0.25) is 0 Å². The van der Waals surface area contributed by atoms with E-state index in [4.69, 9.17) is 9.15 Å². The highest BCUT2D eigenvalue weighted by Crippen LogP contribution is 2.23. The van der Waals surface area contributed by atoms with Crippen molar-refractivity contribution in [2.45, 2.75) is 19.5 Å². The third-order valence-corrected chi connectivity index (χ3v) is 4.07. The number of ether oxygens (including phenoxy) is 1. The van der Waals surface area contributed by atoms with E-state index >= 15 is 0 Å². The van der Waals surface area contributed by atoms with Crippen LogP contribution >= 0.6 is 0 Å². The lowest BCUT2D eigenvalue weighted by molar-refractivity contribution is 0.414. The molecule has 25 heavy (non-hydrogen) atoms. The Hall–Kier alpha value is -2.73. The fourth-order valence-corrected chi connectivity index (χ4v) is 2.71. The third kappa shape index (κ3) is 3.69. The molecule has 0 unspecified atom stereocenters. The molecule has 3 aromatic rings. The summed E-state index contributed by atoms with van der Waals surface area (Å²) in [5.74, 6) is -0.640. The zero-order valence-electron chi connectivity index (χ0n) is 13.8. The molecule has 0 spiro atoms. The number of halogens is 2. The molecule has 3 rings (SSSR count). The number of fused-ring (bicyclic) bond motifs is 1. The molecule has 0 aliphatic rings. The van der Waals surface area contributed by atoms with Crippen molar-refractivity contribution in [3.05, 3.63) is 75.6 Å². The molecule has 0 saturated carbocycles. The van der Waals surface area contributed by atoms with Crippen molar-refractivity contribution in [1.82, 2.24) is 5.32 Å². The molecule has 0 fully saturated rings. The van der Waals surface area contributed by atoms with E-state index in [9.17, 15) is 13.6 Å². The minimum Gasteiger partial charge on any atom is -0.497 e. The summed E-state index contributed by atoms with van der Waals surface area (Å²) in [6.07, 6.45) is 0. The monoisotopic (exact) mass is 345 g/mol. The summed E-state index contributed by atoms with van der Waals surface area (Å²) >= 11 is 0. The lowest BCUT2D eigenvalue weighted by atomic mass is 10.1. The third-order valence-electron chi connectivity index (χ3n) is 4.07. The first-order chi connectivity index (χ1) is 12.0. The average Bonchev–Trinajstić information content (AvgIpc) is 2.58. The van der Waals surface area contributed by atoms with Gasteiger partial charge in [-0.05, 0) is 30.7 Å².